The number of fused-ring (bicyclic) bond motifs is 3. The molecule has 82 valence electrons. The maximum absolute atomic E-state index is 11.6. The SMILES string of the molecule is C[C@@]12CC(=O)C=C[C@@H]1CCc1ccccc12. The largest absolute Gasteiger partial charge is 0.295 e. The second kappa shape index (κ2) is 3.31. The van der Waals surface area contributed by atoms with Gasteiger partial charge in [-0.1, -0.05) is 37.3 Å². The third-order valence-electron chi connectivity index (χ3n) is 4.23. The number of carbonyl (C=O) groups excluding carboxylic acids is 1. The van der Waals surface area contributed by atoms with E-state index in [9.17, 15) is 4.79 Å². The number of hydrogen-bond donors (Lipinski definition) is 0. The van der Waals surface area contributed by atoms with Crippen LogP contribution in [0.3, 0.4) is 0 Å². The van der Waals surface area contributed by atoms with Gasteiger partial charge in [-0.3, -0.25) is 4.79 Å². The lowest BCUT2D eigenvalue weighted by Crippen LogP contribution is -2.39. The molecular weight excluding hydrogens is 196 g/mol. The summed E-state index contributed by atoms with van der Waals surface area (Å²) < 4.78 is 0. The van der Waals surface area contributed by atoms with Gasteiger partial charge in [-0.05, 0) is 36.0 Å². The summed E-state index contributed by atoms with van der Waals surface area (Å²) in [7, 11) is 0. The van der Waals surface area contributed by atoms with E-state index in [1.165, 1.54) is 17.5 Å². The highest BCUT2D eigenvalue weighted by atomic mass is 16.1. The summed E-state index contributed by atoms with van der Waals surface area (Å²) in [5.74, 6) is 0.815. The summed E-state index contributed by atoms with van der Waals surface area (Å²) >= 11 is 0. The highest BCUT2D eigenvalue weighted by Gasteiger charge is 2.41. The fraction of sp³-hybridized carbons (Fsp3) is 0.400. The first kappa shape index (κ1) is 9.83. The van der Waals surface area contributed by atoms with Crippen molar-refractivity contribution in [3.8, 4) is 0 Å². The molecule has 0 fully saturated rings. The van der Waals surface area contributed by atoms with Gasteiger partial charge >= 0.3 is 0 Å². The molecule has 3 rings (SSSR count). The fourth-order valence-corrected chi connectivity index (χ4v) is 3.30. The monoisotopic (exact) mass is 212 g/mol. The third kappa shape index (κ3) is 1.27. The number of carbonyl (C=O) groups is 1. The number of allylic oxidation sites excluding steroid dienone is 2. The quantitative estimate of drug-likeness (QED) is 0.646. The number of hydrogen-bond acceptors (Lipinski definition) is 1. The van der Waals surface area contributed by atoms with Crippen molar-refractivity contribution in [2.45, 2.75) is 31.6 Å². The minimum Gasteiger partial charge on any atom is -0.295 e. The Morgan fingerprint density at radius 2 is 2.12 bits per heavy atom. The predicted octanol–water partition coefficient (Wildman–Crippen LogP) is 3.04. The van der Waals surface area contributed by atoms with Crippen LogP contribution in [0.1, 0.15) is 30.9 Å². The summed E-state index contributed by atoms with van der Waals surface area (Å²) in [6.07, 6.45) is 6.90. The van der Waals surface area contributed by atoms with Gasteiger partial charge in [-0.25, -0.2) is 0 Å². The average Bonchev–Trinajstić information content (AvgIpc) is 2.28. The zero-order valence-corrected chi connectivity index (χ0v) is 9.57. The molecule has 0 unspecified atom stereocenters. The lowest BCUT2D eigenvalue weighted by Gasteiger charge is -2.43. The van der Waals surface area contributed by atoms with Crippen LogP contribution < -0.4 is 0 Å². The van der Waals surface area contributed by atoms with Crippen LogP contribution in [0, 0.1) is 5.92 Å². The van der Waals surface area contributed by atoms with Crippen molar-refractivity contribution in [3.05, 3.63) is 47.5 Å². The Hall–Kier alpha value is -1.37. The van der Waals surface area contributed by atoms with Crippen molar-refractivity contribution in [2.24, 2.45) is 5.92 Å². The van der Waals surface area contributed by atoms with Gasteiger partial charge < -0.3 is 0 Å². The van der Waals surface area contributed by atoms with Gasteiger partial charge in [-0.15, -0.1) is 0 Å². The number of aryl methyl sites for hydroxylation is 1. The fourth-order valence-electron chi connectivity index (χ4n) is 3.30. The number of ketones is 1. The maximum Gasteiger partial charge on any atom is 0.156 e. The molecule has 2 atom stereocenters. The minimum absolute atomic E-state index is 0.0423. The van der Waals surface area contributed by atoms with Crippen molar-refractivity contribution in [1.82, 2.24) is 0 Å². The smallest absolute Gasteiger partial charge is 0.156 e. The Balaban J connectivity index is 2.16. The molecule has 1 nitrogen and oxygen atoms in total. The Morgan fingerprint density at radius 3 is 3.00 bits per heavy atom. The van der Waals surface area contributed by atoms with Crippen LogP contribution in [-0.2, 0) is 16.6 Å². The normalized spacial score (nSPS) is 32.1. The highest BCUT2D eigenvalue weighted by molar-refractivity contribution is 5.92. The standard InChI is InChI=1S/C15H16O/c1-15-10-13(16)9-8-12(15)7-6-11-4-2-3-5-14(11)15/h2-5,8-9,12H,6-7,10H2,1H3/t12-,15+/m0/s1. The predicted molar refractivity (Wildman–Crippen MR) is 64.4 cm³/mol. The van der Waals surface area contributed by atoms with E-state index in [1.807, 2.05) is 0 Å². The lowest BCUT2D eigenvalue weighted by atomic mass is 9.60. The number of benzene rings is 1. The molecule has 0 heterocycles. The second-order valence-corrected chi connectivity index (χ2v) is 5.22. The van der Waals surface area contributed by atoms with Gasteiger partial charge in [0.25, 0.3) is 0 Å². The molecule has 0 amide bonds. The molecule has 1 aromatic carbocycles. The van der Waals surface area contributed by atoms with Gasteiger partial charge in [0, 0.05) is 11.8 Å². The van der Waals surface area contributed by atoms with Gasteiger partial charge in [0.05, 0.1) is 0 Å². The van der Waals surface area contributed by atoms with E-state index in [0.29, 0.717) is 12.3 Å². The van der Waals surface area contributed by atoms with Crippen molar-refractivity contribution >= 4 is 5.78 Å². The van der Waals surface area contributed by atoms with Crippen LogP contribution in [0.15, 0.2) is 36.4 Å². The maximum atomic E-state index is 11.6. The molecule has 0 radical (unpaired) electrons. The molecule has 0 spiro atoms. The first-order valence-electron chi connectivity index (χ1n) is 5.99. The Kier molecular flexibility index (Phi) is 2.03. The first-order chi connectivity index (χ1) is 7.70. The van der Waals surface area contributed by atoms with E-state index in [4.69, 9.17) is 0 Å². The van der Waals surface area contributed by atoms with E-state index in [1.54, 1.807) is 6.08 Å². The molecule has 1 aromatic rings. The van der Waals surface area contributed by atoms with Crippen molar-refractivity contribution in [3.63, 3.8) is 0 Å². The molecule has 0 N–H and O–H groups in total. The van der Waals surface area contributed by atoms with Crippen molar-refractivity contribution in [1.29, 1.82) is 0 Å². The Labute approximate surface area is 96.2 Å². The summed E-state index contributed by atoms with van der Waals surface area (Å²) in [6.45, 7) is 2.25. The van der Waals surface area contributed by atoms with Gasteiger partial charge in [0.15, 0.2) is 5.78 Å². The summed E-state index contributed by atoms with van der Waals surface area (Å²) in [5.41, 5.74) is 2.87. The first-order valence-corrected chi connectivity index (χ1v) is 5.99. The van der Waals surface area contributed by atoms with Crippen LogP contribution in [0.5, 0.6) is 0 Å². The molecule has 0 saturated carbocycles. The average molecular weight is 212 g/mol. The minimum atomic E-state index is 0.0423. The summed E-state index contributed by atoms with van der Waals surface area (Å²) in [5, 5.41) is 0. The van der Waals surface area contributed by atoms with Crippen LogP contribution in [0.4, 0.5) is 0 Å². The van der Waals surface area contributed by atoms with Crippen LogP contribution >= 0.6 is 0 Å². The molecule has 1 heteroatoms. The van der Waals surface area contributed by atoms with Gasteiger partial charge in [-0.2, -0.15) is 0 Å². The highest BCUT2D eigenvalue weighted by Crippen LogP contribution is 2.46. The van der Waals surface area contributed by atoms with Crippen LogP contribution in [-0.4, -0.2) is 5.78 Å². The Bertz CT molecular complexity index is 472. The third-order valence-corrected chi connectivity index (χ3v) is 4.23. The second-order valence-electron chi connectivity index (χ2n) is 5.22. The zero-order valence-electron chi connectivity index (χ0n) is 9.57. The van der Waals surface area contributed by atoms with Gasteiger partial charge in [0.2, 0.25) is 0 Å². The number of rotatable bonds is 0. The van der Waals surface area contributed by atoms with Gasteiger partial charge in [0.1, 0.15) is 0 Å². The van der Waals surface area contributed by atoms with E-state index >= 15 is 0 Å². The molecule has 0 saturated heterocycles. The van der Waals surface area contributed by atoms with Crippen molar-refractivity contribution in [2.75, 3.05) is 0 Å². The Morgan fingerprint density at radius 1 is 1.31 bits per heavy atom. The van der Waals surface area contributed by atoms with Crippen molar-refractivity contribution < 1.29 is 4.79 Å². The summed E-state index contributed by atoms with van der Waals surface area (Å²) in [6, 6.07) is 8.60. The van der Waals surface area contributed by atoms with Crippen LogP contribution in [0.2, 0.25) is 0 Å². The molecular formula is C15H16O. The topological polar surface area (TPSA) is 17.1 Å². The lowest BCUT2D eigenvalue weighted by molar-refractivity contribution is -0.116. The van der Waals surface area contributed by atoms with E-state index < -0.39 is 0 Å². The molecule has 0 aliphatic heterocycles. The van der Waals surface area contributed by atoms with Crippen LogP contribution in [0.25, 0.3) is 0 Å². The summed E-state index contributed by atoms with van der Waals surface area (Å²) in [4.78, 5) is 11.6. The molecule has 2 aliphatic rings. The zero-order chi connectivity index (χ0) is 11.2. The van der Waals surface area contributed by atoms with E-state index in [2.05, 4.69) is 37.3 Å². The van der Waals surface area contributed by atoms with E-state index in [-0.39, 0.29) is 11.2 Å². The van der Waals surface area contributed by atoms with E-state index in [0.717, 1.165) is 6.42 Å². The molecule has 0 aromatic heterocycles. The molecule has 2 aliphatic carbocycles. The molecule has 16 heavy (non-hydrogen) atoms. The molecule has 0 bridgehead atoms.